The maximum absolute atomic E-state index is 2.45. The first-order valence-electron chi connectivity index (χ1n) is 4.39. The Morgan fingerprint density at radius 2 is 2.27 bits per heavy atom. The lowest BCUT2D eigenvalue weighted by atomic mass is 10.2. The number of hydrogen-bond donors (Lipinski definition) is 0. The van der Waals surface area contributed by atoms with E-state index in [2.05, 4.69) is 32.4 Å². The van der Waals surface area contributed by atoms with Gasteiger partial charge in [0, 0.05) is 12.3 Å². The molecule has 11 heavy (non-hydrogen) atoms. The molecule has 0 aromatic heterocycles. The van der Waals surface area contributed by atoms with Crippen molar-refractivity contribution in [3.63, 3.8) is 0 Å². The fraction of sp³-hybridized carbons (Fsp3) is 0.889. The molecular weight excluding hydrogens is 154 g/mol. The van der Waals surface area contributed by atoms with E-state index < -0.39 is 0 Å². The monoisotopic (exact) mass is 172 g/mol. The summed E-state index contributed by atoms with van der Waals surface area (Å²) in [7, 11) is 2.23. The van der Waals surface area contributed by atoms with Gasteiger partial charge in [0.15, 0.2) is 6.04 Å². The molecular formula is C9H18NS+. The van der Waals surface area contributed by atoms with Crippen LogP contribution >= 0.6 is 11.8 Å². The zero-order chi connectivity index (χ0) is 8.43. The summed E-state index contributed by atoms with van der Waals surface area (Å²) in [5.74, 6) is 2.00. The van der Waals surface area contributed by atoms with Gasteiger partial charge in [-0.1, -0.05) is 32.5 Å². The van der Waals surface area contributed by atoms with E-state index in [1.807, 2.05) is 11.8 Å². The molecule has 1 nitrogen and oxygen atoms in total. The fourth-order valence-corrected chi connectivity index (χ4v) is 3.05. The van der Waals surface area contributed by atoms with Crippen molar-refractivity contribution < 1.29 is 4.58 Å². The van der Waals surface area contributed by atoms with E-state index >= 15 is 0 Å². The second-order valence-electron chi connectivity index (χ2n) is 3.48. The highest BCUT2D eigenvalue weighted by Gasteiger charge is 2.30. The van der Waals surface area contributed by atoms with Crippen LogP contribution in [0.25, 0.3) is 0 Å². The van der Waals surface area contributed by atoms with Crippen LogP contribution in [0.4, 0.5) is 0 Å². The third-order valence-corrected chi connectivity index (χ3v) is 3.89. The Balaban J connectivity index is 2.72. The lowest BCUT2D eigenvalue weighted by molar-refractivity contribution is -0.529. The summed E-state index contributed by atoms with van der Waals surface area (Å²) in [5.41, 5.74) is 0. The van der Waals surface area contributed by atoms with Crippen LogP contribution in [0.5, 0.6) is 0 Å². The van der Waals surface area contributed by atoms with Gasteiger partial charge < -0.3 is 0 Å². The first-order chi connectivity index (χ1) is 5.16. The Morgan fingerprint density at radius 3 is 2.55 bits per heavy atom. The molecule has 0 N–H and O–H groups in total. The van der Waals surface area contributed by atoms with Gasteiger partial charge in [-0.2, -0.15) is 0 Å². The third kappa shape index (κ3) is 1.78. The van der Waals surface area contributed by atoms with E-state index in [9.17, 15) is 0 Å². The zero-order valence-electron chi connectivity index (χ0n) is 7.92. The summed E-state index contributed by atoms with van der Waals surface area (Å²) in [6.07, 6.45) is 1.28. The maximum Gasteiger partial charge on any atom is 0.213 e. The van der Waals surface area contributed by atoms with Gasteiger partial charge in [-0.3, -0.25) is 0 Å². The molecule has 1 rings (SSSR count). The standard InChI is InChI=1S/C9H18NS/c1-5-8-6-11-9(7(2)3)10(8)4/h7-8H,5-6H2,1-4H3/q+1/t8-/m1/s1. The molecule has 0 aliphatic carbocycles. The van der Waals surface area contributed by atoms with Gasteiger partial charge in [0.25, 0.3) is 0 Å². The van der Waals surface area contributed by atoms with Gasteiger partial charge in [0.2, 0.25) is 5.04 Å². The quantitative estimate of drug-likeness (QED) is 0.577. The Bertz CT molecular complexity index is 172. The first-order valence-corrected chi connectivity index (χ1v) is 5.37. The third-order valence-electron chi connectivity index (χ3n) is 2.28. The van der Waals surface area contributed by atoms with Crippen molar-refractivity contribution in [3.8, 4) is 0 Å². The lowest BCUT2D eigenvalue weighted by Gasteiger charge is -2.03. The molecule has 1 heterocycles. The number of nitrogens with zero attached hydrogens (tertiary/aromatic N) is 1. The molecule has 0 bridgehead atoms. The van der Waals surface area contributed by atoms with Gasteiger partial charge in [0.1, 0.15) is 7.05 Å². The van der Waals surface area contributed by atoms with Crippen molar-refractivity contribution in [3.05, 3.63) is 0 Å². The first kappa shape index (κ1) is 9.11. The summed E-state index contributed by atoms with van der Waals surface area (Å²) in [6, 6.07) is 0.789. The number of rotatable bonds is 2. The van der Waals surface area contributed by atoms with Crippen LogP contribution in [0.15, 0.2) is 0 Å². The molecule has 0 amide bonds. The van der Waals surface area contributed by atoms with E-state index in [1.54, 1.807) is 5.04 Å². The topological polar surface area (TPSA) is 3.01 Å². The normalized spacial score (nSPS) is 25.4. The van der Waals surface area contributed by atoms with Crippen LogP contribution in [0.3, 0.4) is 0 Å². The predicted molar refractivity (Wildman–Crippen MR) is 52.6 cm³/mol. The summed E-state index contributed by atoms with van der Waals surface area (Å²) in [6.45, 7) is 6.82. The molecule has 1 aliphatic heterocycles. The van der Waals surface area contributed by atoms with Crippen LogP contribution in [0.1, 0.15) is 27.2 Å². The van der Waals surface area contributed by atoms with Crippen molar-refractivity contribution >= 4 is 16.8 Å². The van der Waals surface area contributed by atoms with Gasteiger partial charge in [-0.05, 0) is 0 Å². The van der Waals surface area contributed by atoms with Crippen LogP contribution in [-0.4, -0.2) is 28.5 Å². The maximum atomic E-state index is 2.45. The van der Waals surface area contributed by atoms with Crippen LogP contribution in [0.2, 0.25) is 0 Å². The van der Waals surface area contributed by atoms with E-state index in [4.69, 9.17) is 0 Å². The summed E-state index contributed by atoms with van der Waals surface area (Å²) < 4.78 is 2.45. The Kier molecular flexibility index (Phi) is 2.99. The molecule has 0 aromatic carbocycles. The minimum absolute atomic E-state index is 0.710. The van der Waals surface area contributed by atoms with Crippen LogP contribution < -0.4 is 0 Å². The Hall–Kier alpha value is 0.0200. The molecule has 0 unspecified atom stereocenters. The Morgan fingerprint density at radius 1 is 1.64 bits per heavy atom. The van der Waals surface area contributed by atoms with E-state index in [0.717, 1.165) is 6.04 Å². The Labute approximate surface area is 73.9 Å². The van der Waals surface area contributed by atoms with Crippen molar-refractivity contribution in [2.24, 2.45) is 5.92 Å². The molecule has 64 valence electrons. The summed E-state index contributed by atoms with van der Waals surface area (Å²) in [4.78, 5) is 0. The SMILES string of the molecule is CC[C@@H]1CSC(C(C)C)=[N+]1C. The molecule has 0 saturated heterocycles. The molecule has 1 aliphatic rings. The number of thioether (sulfide) groups is 1. The van der Waals surface area contributed by atoms with Gasteiger partial charge in [-0.15, -0.1) is 0 Å². The largest absolute Gasteiger partial charge is 0.227 e. The second-order valence-corrected chi connectivity index (χ2v) is 4.52. The minimum Gasteiger partial charge on any atom is -0.227 e. The van der Waals surface area contributed by atoms with Crippen molar-refractivity contribution in [1.29, 1.82) is 0 Å². The highest BCUT2D eigenvalue weighted by atomic mass is 32.2. The molecule has 0 radical (unpaired) electrons. The van der Waals surface area contributed by atoms with Gasteiger partial charge in [0.05, 0.1) is 5.75 Å². The van der Waals surface area contributed by atoms with Crippen LogP contribution in [0, 0.1) is 5.92 Å². The fourth-order valence-electron chi connectivity index (χ4n) is 1.54. The average Bonchev–Trinajstić information content (AvgIpc) is 2.30. The minimum atomic E-state index is 0.710. The summed E-state index contributed by atoms with van der Waals surface area (Å²) in [5, 5.41) is 1.57. The van der Waals surface area contributed by atoms with Crippen LogP contribution in [-0.2, 0) is 0 Å². The van der Waals surface area contributed by atoms with E-state index in [1.165, 1.54) is 12.2 Å². The molecule has 1 atom stereocenters. The summed E-state index contributed by atoms with van der Waals surface area (Å²) >= 11 is 2.03. The van der Waals surface area contributed by atoms with E-state index in [-0.39, 0.29) is 0 Å². The smallest absolute Gasteiger partial charge is 0.213 e. The highest BCUT2D eigenvalue weighted by Crippen LogP contribution is 2.23. The van der Waals surface area contributed by atoms with Crippen molar-refractivity contribution in [2.75, 3.05) is 12.8 Å². The van der Waals surface area contributed by atoms with Crippen molar-refractivity contribution in [1.82, 2.24) is 0 Å². The average molecular weight is 172 g/mol. The second kappa shape index (κ2) is 3.61. The zero-order valence-corrected chi connectivity index (χ0v) is 8.74. The number of hydrogen-bond acceptors (Lipinski definition) is 1. The van der Waals surface area contributed by atoms with Crippen molar-refractivity contribution in [2.45, 2.75) is 33.2 Å². The van der Waals surface area contributed by atoms with Gasteiger partial charge >= 0.3 is 0 Å². The van der Waals surface area contributed by atoms with Gasteiger partial charge in [-0.25, -0.2) is 4.58 Å². The van der Waals surface area contributed by atoms with E-state index in [0.29, 0.717) is 5.92 Å². The molecule has 0 fully saturated rings. The highest BCUT2D eigenvalue weighted by molar-refractivity contribution is 8.13. The molecule has 0 spiro atoms. The molecule has 0 saturated carbocycles. The molecule has 0 aromatic rings. The lowest BCUT2D eigenvalue weighted by Crippen LogP contribution is -2.23. The molecule has 2 heteroatoms. The predicted octanol–water partition coefficient (Wildman–Crippen LogP) is 2.21.